The van der Waals surface area contributed by atoms with Crippen molar-refractivity contribution in [2.45, 2.75) is 26.2 Å². The molecule has 0 spiro atoms. The molecule has 0 saturated carbocycles. The molecule has 0 fully saturated rings. The molecule has 2 rings (SSSR count). The average molecular weight is 246 g/mol. The Kier molecular flexibility index (Phi) is 2.69. The Morgan fingerprint density at radius 3 is 2.50 bits per heavy atom. The van der Waals surface area contributed by atoms with E-state index in [0.717, 1.165) is 11.3 Å². The van der Waals surface area contributed by atoms with Gasteiger partial charge in [-0.3, -0.25) is 4.79 Å². The number of carboxylic acid groups (broad SMARTS) is 1. The normalized spacial score (nSPS) is 11.7. The zero-order valence-corrected chi connectivity index (χ0v) is 10.4. The molecule has 0 unspecified atom stereocenters. The van der Waals surface area contributed by atoms with E-state index < -0.39 is 11.8 Å². The molecule has 1 heterocycles. The van der Waals surface area contributed by atoms with Gasteiger partial charge in [-0.2, -0.15) is 0 Å². The monoisotopic (exact) mass is 246 g/mol. The van der Waals surface area contributed by atoms with E-state index in [1.165, 1.54) is 12.1 Å². The van der Waals surface area contributed by atoms with E-state index in [-0.39, 0.29) is 11.0 Å². The van der Waals surface area contributed by atoms with E-state index in [2.05, 4.69) is 9.97 Å². The lowest BCUT2D eigenvalue weighted by Crippen LogP contribution is -2.13. The van der Waals surface area contributed by atoms with Crippen LogP contribution in [0, 0.1) is 0 Å². The Labute approximate surface area is 104 Å². The average Bonchev–Trinajstić information content (AvgIpc) is 2.69. The Morgan fingerprint density at radius 2 is 1.94 bits per heavy atom. The number of benzene rings is 1. The molecular formula is C13H14N2O3. The quantitative estimate of drug-likeness (QED) is 0.628. The summed E-state index contributed by atoms with van der Waals surface area (Å²) in [5.41, 5.74) is 1.42. The maximum Gasteiger partial charge on any atom is 0.377 e. The van der Waals surface area contributed by atoms with Crippen LogP contribution in [0.2, 0.25) is 0 Å². The van der Waals surface area contributed by atoms with Gasteiger partial charge in [-0.15, -0.1) is 0 Å². The number of aromatic amines is 1. The van der Waals surface area contributed by atoms with Gasteiger partial charge < -0.3 is 10.1 Å². The number of aromatic nitrogens is 2. The molecule has 0 aliphatic heterocycles. The molecule has 94 valence electrons. The van der Waals surface area contributed by atoms with E-state index in [1.54, 1.807) is 6.07 Å². The van der Waals surface area contributed by atoms with Crippen LogP contribution < -0.4 is 0 Å². The number of carbonyl (C=O) groups excluding carboxylic acids is 1. The second-order valence-electron chi connectivity index (χ2n) is 5.20. The number of hydrogen-bond acceptors (Lipinski definition) is 3. The zero-order valence-electron chi connectivity index (χ0n) is 10.4. The fraction of sp³-hybridized carbons (Fsp3) is 0.308. The number of imidazole rings is 1. The van der Waals surface area contributed by atoms with Gasteiger partial charge in [0.2, 0.25) is 0 Å². The van der Waals surface area contributed by atoms with Crippen LogP contribution in [0.4, 0.5) is 0 Å². The topological polar surface area (TPSA) is 83.1 Å². The van der Waals surface area contributed by atoms with E-state index in [4.69, 9.17) is 5.11 Å². The van der Waals surface area contributed by atoms with Gasteiger partial charge in [0.15, 0.2) is 0 Å². The highest BCUT2D eigenvalue weighted by Crippen LogP contribution is 2.23. The van der Waals surface area contributed by atoms with Gasteiger partial charge in [-0.05, 0) is 18.2 Å². The zero-order chi connectivity index (χ0) is 13.5. The summed E-state index contributed by atoms with van der Waals surface area (Å²) in [6.07, 6.45) is 0. The van der Waals surface area contributed by atoms with Crippen molar-refractivity contribution in [1.29, 1.82) is 0 Å². The molecule has 5 nitrogen and oxygen atoms in total. The van der Waals surface area contributed by atoms with Crippen LogP contribution in [0.5, 0.6) is 0 Å². The van der Waals surface area contributed by atoms with Crippen LogP contribution in [0.3, 0.4) is 0 Å². The number of carboxylic acids is 1. The summed E-state index contributed by atoms with van der Waals surface area (Å²) in [6.45, 7) is 6.07. The number of carbonyl (C=O) groups is 2. The van der Waals surface area contributed by atoms with Crippen LogP contribution >= 0.6 is 0 Å². The SMILES string of the molecule is CC(C)(C)c1nc2ccc(C(=O)C(=O)O)cc2[nH]1. The lowest BCUT2D eigenvalue weighted by atomic mass is 9.96. The summed E-state index contributed by atoms with van der Waals surface area (Å²) >= 11 is 0. The molecule has 18 heavy (non-hydrogen) atoms. The highest BCUT2D eigenvalue weighted by atomic mass is 16.4. The first kappa shape index (κ1) is 12.3. The number of ketones is 1. The van der Waals surface area contributed by atoms with E-state index in [9.17, 15) is 9.59 Å². The first-order valence-electron chi connectivity index (χ1n) is 5.57. The van der Waals surface area contributed by atoms with Gasteiger partial charge in [-0.1, -0.05) is 20.8 Å². The van der Waals surface area contributed by atoms with Crippen LogP contribution in [0.25, 0.3) is 11.0 Å². The van der Waals surface area contributed by atoms with Crippen LogP contribution in [-0.2, 0) is 10.2 Å². The Balaban J connectivity index is 2.53. The van der Waals surface area contributed by atoms with Gasteiger partial charge in [0, 0.05) is 11.0 Å². The number of nitrogens with one attached hydrogen (secondary N) is 1. The Morgan fingerprint density at radius 1 is 1.28 bits per heavy atom. The third kappa shape index (κ3) is 2.11. The smallest absolute Gasteiger partial charge is 0.377 e. The maximum absolute atomic E-state index is 11.4. The predicted octanol–water partition coefficient (Wildman–Crippen LogP) is 2.13. The lowest BCUT2D eigenvalue weighted by molar-refractivity contribution is -0.131. The van der Waals surface area contributed by atoms with Crippen LogP contribution in [-0.4, -0.2) is 26.8 Å². The molecule has 2 aromatic rings. The second-order valence-corrected chi connectivity index (χ2v) is 5.20. The van der Waals surface area contributed by atoms with Crippen LogP contribution in [0.1, 0.15) is 37.0 Å². The Bertz CT molecular complexity index is 635. The molecule has 0 atom stereocenters. The molecule has 0 aliphatic rings. The van der Waals surface area contributed by atoms with Gasteiger partial charge in [-0.25, -0.2) is 9.78 Å². The summed E-state index contributed by atoms with van der Waals surface area (Å²) in [4.78, 5) is 29.5. The first-order chi connectivity index (χ1) is 8.29. The summed E-state index contributed by atoms with van der Waals surface area (Å²) in [5.74, 6) is -1.56. The minimum absolute atomic E-state index is 0.129. The van der Waals surface area contributed by atoms with Gasteiger partial charge >= 0.3 is 5.97 Å². The van der Waals surface area contributed by atoms with Crippen molar-refractivity contribution in [3.63, 3.8) is 0 Å². The summed E-state index contributed by atoms with van der Waals surface area (Å²) in [5, 5.41) is 8.67. The van der Waals surface area contributed by atoms with E-state index in [1.807, 2.05) is 20.8 Å². The summed E-state index contributed by atoms with van der Waals surface area (Å²) in [6, 6.07) is 4.65. The first-order valence-corrected chi connectivity index (χ1v) is 5.57. The fourth-order valence-corrected chi connectivity index (χ4v) is 1.63. The molecule has 1 aromatic heterocycles. The highest BCUT2D eigenvalue weighted by molar-refractivity contribution is 6.40. The number of H-pyrrole nitrogens is 1. The standard InChI is InChI=1S/C13H14N2O3/c1-13(2,3)12-14-8-5-4-7(6-9(8)15-12)10(16)11(17)18/h4-6H,1-3H3,(H,14,15)(H,17,18). The van der Waals surface area contributed by atoms with Crippen molar-refractivity contribution in [3.05, 3.63) is 29.6 Å². The van der Waals surface area contributed by atoms with E-state index >= 15 is 0 Å². The minimum Gasteiger partial charge on any atom is -0.475 e. The predicted molar refractivity (Wildman–Crippen MR) is 66.8 cm³/mol. The van der Waals surface area contributed by atoms with Crippen molar-refractivity contribution in [1.82, 2.24) is 9.97 Å². The maximum atomic E-state index is 11.4. The number of rotatable bonds is 2. The molecule has 0 radical (unpaired) electrons. The minimum atomic E-state index is -1.45. The van der Waals surface area contributed by atoms with Gasteiger partial charge in [0.25, 0.3) is 5.78 Å². The highest BCUT2D eigenvalue weighted by Gasteiger charge is 2.20. The van der Waals surface area contributed by atoms with Crippen molar-refractivity contribution in [2.24, 2.45) is 0 Å². The van der Waals surface area contributed by atoms with Crippen molar-refractivity contribution in [2.75, 3.05) is 0 Å². The molecule has 0 aliphatic carbocycles. The third-order valence-corrected chi connectivity index (χ3v) is 2.65. The number of nitrogens with zero attached hydrogens (tertiary/aromatic N) is 1. The van der Waals surface area contributed by atoms with Crippen molar-refractivity contribution >= 4 is 22.8 Å². The lowest BCUT2D eigenvalue weighted by Gasteiger charge is -2.13. The molecule has 0 bridgehead atoms. The number of aliphatic carboxylic acids is 1. The van der Waals surface area contributed by atoms with Gasteiger partial charge in [0.1, 0.15) is 5.82 Å². The Hall–Kier alpha value is -2.17. The number of fused-ring (bicyclic) bond motifs is 1. The molecule has 2 N–H and O–H groups in total. The molecule has 0 saturated heterocycles. The molecular weight excluding hydrogens is 232 g/mol. The van der Waals surface area contributed by atoms with E-state index in [0.29, 0.717) is 5.52 Å². The number of Topliss-reactive ketones (excluding diaryl/α,β-unsaturated/α-hetero) is 1. The largest absolute Gasteiger partial charge is 0.475 e. The molecule has 0 amide bonds. The molecule has 1 aromatic carbocycles. The van der Waals surface area contributed by atoms with Crippen molar-refractivity contribution < 1.29 is 14.7 Å². The summed E-state index contributed by atoms with van der Waals surface area (Å²) in [7, 11) is 0. The fourth-order valence-electron chi connectivity index (χ4n) is 1.63. The number of hydrogen-bond donors (Lipinski definition) is 2. The van der Waals surface area contributed by atoms with Gasteiger partial charge in [0.05, 0.1) is 11.0 Å². The second kappa shape index (κ2) is 3.94. The van der Waals surface area contributed by atoms with Crippen LogP contribution in [0.15, 0.2) is 18.2 Å². The molecule has 5 heteroatoms. The summed E-state index contributed by atoms with van der Waals surface area (Å²) < 4.78 is 0. The van der Waals surface area contributed by atoms with Crippen molar-refractivity contribution in [3.8, 4) is 0 Å². The third-order valence-electron chi connectivity index (χ3n) is 2.65.